The van der Waals surface area contributed by atoms with Crippen molar-refractivity contribution in [2.75, 3.05) is 31.6 Å². The number of benzene rings is 2. The highest BCUT2D eigenvalue weighted by Crippen LogP contribution is 2.42. The van der Waals surface area contributed by atoms with Crippen molar-refractivity contribution in [1.82, 2.24) is 4.90 Å². The molecule has 2 aromatic rings. The molecular formula is C30H40N2O5. The number of ether oxygens (including phenoxy) is 3. The largest absolute Gasteiger partial charge is 0.445 e. The van der Waals surface area contributed by atoms with Crippen molar-refractivity contribution in [2.45, 2.75) is 64.1 Å². The second-order valence-corrected chi connectivity index (χ2v) is 10.0. The van der Waals surface area contributed by atoms with E-state index in [-0.39, 0.29) is 31.3 Å². The average Bonchev–Trinajstić information content (AvgIpc) is 2.90. The molecule has 0 radical (unpaired) electrons. The van der Waals surface area contributed by atoms with Crippen LogP contribution in [0.5, 0.6) is 0 Å². The van der Waals surface area contributed by atoms with Crippen LogP contribution in [0.3, 0.4) is 0 Å². The fourth-order valence-corrected chi connectivity index (χ4v) is 5.13. The van der Waals surface area contributed by atoms with E-state index < -0.39 is 12.4 Å². The van der Waals surface area contributed by atoms with Crippen molar-refractivity contribution in [3.05, 3.63) is 77.9 Å². The Kier molecular flexibility index (Phi) is 10.1. The lowest BCUT2D eigenvalue weighted by molar-refractivity contribution is -0.276. The highest BCUT2D eigenvalue weighted by Gasteiger charge is 2.39. The number of likely N-dealkylation sites (tertiary alicyclic amines) is 1. The first-order valence-electron chi connectivity index (χ1n) is 13.4. The summed E-state index contributed by atoms with van der Waals surface area (Å²) in [6, 6.07) is 15.5. The minimum Gasteiger partial charge on any atom is -0.445 e. The maximum Gasteiger partial charge on any atom is 0.411 e. The molecule has 7 heteroatoms. The lowest BCUT2D eigenvalue weighted by atomic mass is 9.89. The van der Waals surface area contributed by atoms with Crippen molar-refractivity contribution in [3.8, 4) is 0 Å². The van der Waals surface area contributed by atoms with E-state index in [9.17, 15) is 9.90 Å². The van der Waals surface area contributed by atoms with Crippen LogP contribution in [-0.4, -0.2) is 48.4 Å². The first-order chi connectivity index (χ1) is 18.1. The molecule has 0 spiro atoms. The van der Waals surface area contributed by atoms with E-state index in [1.165, 1.54) is 38.2 Å². The molecule has 2 saturated heterocycles. The number of nitrogens with zero attached hydrogens (tertiary/aromatic N) is 1. The standard InChI is InChI=1S/C30H40N2O5/c1-3-18-35-30(34)31-26-11-9-10-25(19-26)29-36-27(20-32-16-7-5-4-6-8-17-32)22(2)28(37-29)24-14-12-23(21-33)13-15-24/h3,9-15,19,22,27-29,33H,1,4-8,16-18,20-21H2,2H3,(H,31,34)/t22-,27+,28+,29+/m0/s1. The lowest BCUT2D eigenvalue weighted by Gasteiger charge is -2.43. The van der Waals surface area contributed by atoms with Crippen molar-refractivity contribution < 1.29 is 24.1 Å². The fourth-order valence-electron chi connectivity index (χ4n) is 5.13. The van der Waals surface area contributed by atoms with Gasteiger partial charge in [-0.1, -0.05) is 75.2 Å². The van der Waals surface area contributed by atoms with Crippen molar-refractivity contribution >= 4 is 11.8 Å². The molecule has 200 valence electrons. The van der Waals surface area contributed by atoms with Crippen molar-refractivity contribution in [3.63, 3.8) is 0 Å². The number of aliphatic hydroxyl groups excluding tert-OH is 1. The zero-order chi connectivity index (χ0) is 26.0. The summed E-state index contributed by atoms with van der Waals surface area (Å²) >= 11 is 0. The molecule has 37 heavy (non-hydrogen) atoms. The number of rotatable bonds is 8. The van der Waals surface area contributed by atoms with Crippen molar-refractivity contribution in [1.29, 1.82) is 0 Å². The van der Waals surface area contributed by atoms with Crippen LogP contribution in [0, 0.1) is 5.92 Å². The van der Waals surface area contributed by atoms with Crippen LogP contribution in [0.15, 0.2) is 61.2 Å². The molecule has 4 atom stereocenters. The van der Waals surface area contributed by atoms with Gasteiger partial charge in [0.25, 0.3) is 0 Å². The quantitative estimate of drug-likeness (QED) is 0.428. The molecule has 0 aliphatic carbocycles. The van der Waals surface area contributed by atoms with E-state index in [0.717, 1.165) is 36.3 Å². The van der Waals surface area contributed by atoms with Gasteiger partial charge in [0.2, 0.25) is 0 Å². The zero-order valence-electron chi connectivity index (χ0n) is 21.8. The minimum absolute atomic E-state index is 0.0136. The van der Waals surface area contributed by atoms with Gasteiger partial charge in [-0.25, -0.2) is 4.79 Å². The molecule has 0 aromatic heterocycles. The normalized spacial score (nSPS) is 25.0. The first kappa shape index (κ1) is 27.3. The summed E-state index contributed by atoms with van der Waals surface area (Å²) in [5, 5.41) is 12.2. The summed E-state index contributed by atoms with van der Waals surface area (Å²) in [7, 11) is 0. The van der Waals surface area contributed by atoms with Crippen molar-refractivity contribution in [2.24, 2.45) is 5.92 Å². The Hall–Kier alpha value is -2.71. The Labute approximate surface area is 220 Å². The molecule has 0 unspecified atom stereocenters. The summed E-state index contributed by atoms with van der Waals surface area (Å²) in [6.45, 7) is 8.98. The van der Waals surface area contributed by atoms with E-state index in [0.29, 0.717) is 5.69 Å². The third-order valence-electron chi connectivity index (χ3n) is 7.25. The SMILES string of the molecule is C=CCOC(=O)Nc1cccc([C@@H]2O[C@H](CN3CCCCCCC3)[C@H](C)[C@H](c3ccc(CO)cc3)O2)c1. The van der Waals surface area contributed by atoms with E-state index in [4.69, 9.17) is 14.2 Å². The zero-order valence-corrected chi connectivity index (χ0v) is 21.8. The van der Waals surface area contributed by atoms with Crippen LogP contribution >= 0.6 is 0 Å². The molecular weight excluding hydrogens is 468 g/mol. The van der Waals surface area contributed by atoms with Gasteiger partial charge in [0.1, 0.15) is 6.61 Å². The van der Waals surface area contributed by atoms with Gasteiger partial charge in [-0.2, -0.15) is 0 Å². The predicted molar refractivity (Wildman–Crippen MR) is 144 cm³/mol. The summed E-state index contributed by atoms with van der Waals surface area (Å²) in [6.07, 6.45) is 6.59. The third kappa shape index (κ3) is 7.65. The van der Waals surface area contributed by atoms with Gasteiger partial charge in [0.15, 0.2) is 6.29 Å². The Bertz CT molecular complexity index is 1000. The van der Waals surface area contributed by atoms with Crippen LogP contribution in [0.4, 0.5) is 10.5 Å². The topological polar surface area (TPSA) is 80.3 Å². The molecule has 2 aliphatic heterocycles. The van der Waals surface area contributed by atoms with Crippen LogP contribution in [0.2, 0.25) is 0 Å². The second kappa shape index (κ2) is 13.7. The maximum atomic E-state index is 12.1. The molecule has 0 saturated carbocycles. The van der Waals surface area contributed by atoms with Crippen LogP contribution in [-0.2, 0) is 20.8 Å². The van der Waals surface area contributed by atoms with Crippen LogP contribution in [0.1, 0.15) is 68.1 Å². The molecule has 2 fully saturated rings. The van der Waals surface area contributed by atoms with Gasteiger partial charge in [0, 0.05) is 23.7 Å². The Balaban J connectivity index is 1.55. The Morgan fingerprint density at radius 2 is 1.81 bits per heavy atom. The number of aliphatic hydroxyl groups is 1. The summed E-state index contributed by atoms with van der Waals surface area (Å²) in [5.41, 5.74) is 3.39. The fraction of sp³-hybridized carbons (Fsp3) is 0.500. The summed E-state index contributed by atoms with van der Waals surface area (Å²) in [4.78, 5) is 14.6. The number of hydrogen-bond donors (Lipinski definition) is 2. The summed E-state index contributed by atoms with van der Waals surface area (Å²) < 4.78 is 18.2. The summed E-state index contributed by atoms with van der Waals surface area (Å²) in [5.74, 6) is 0.136. The van der Waals surface area contributed by atoms with Gasteiger partial charge in [-0.15, -0.1) is 0 Å². The van der Waals surface area contributed by atoms with Crippen LogP contribution < -0.4 is 5.32 Å². The highest BCUT2D eigenvalue weighted by molar-refractivity contribution is 5.84. The van der Waals surface area contributed by atoms with E-state index in [1.54, 1.807) is 0 Å². The highest BCUT2D eigenvalue weighted by atomic mass is 16.7. The molecule has 2 aromatic carbocycles. The number of hydrogen-bond acceptors (Lipinski definition) is 6. The molecule has 2 N–H and O–H groups in total. The van der Waals surface area contributed by atoms with E-state index in [1.807, 2.05) is 48.5 Å². The molecule has 1 amide bonds. The Morgan fingerprint density at radius 3 is 2.51 bits per heavy atom. The lowest BCUT2D eigenvalue weighted by Crippen LogP contribution is -2.45. The molecule has 4 rings (SSSR count). The molecule has 0 bridgehead atoms. The number of carbonyl (C=O) groups is 1. The van der Waals surface area contributed by atoms with E-state index in [2.05, 4.69) is 23.7 Å². The number of amides is 1. The number of carbonyl (C=O) groups excluding carboxylic acids is 1. The Morgan fingerprint density at radius 1 is 1.08 bits per heavy atom. The first-order valence-corrected chi connectivity index (χ1v) is 13.4. The van der Waals surface area contributed by atoms with Gasteiger partial charge < -0.3 is 24.2 Å². The van der Waals surface area contributed by atoms with E-state index >= 15 is 0 Å². The average molecular weight is 509 g/mol. The molecule has 7 nitrogen and oxygen atoms in total. The monoisotopic (exact) mass is 508 g/mol. The maximum absolute atomic E-state index is 12.1. The van der Waals surface area contributed by atoms with Gasteiger partial charge in [0.05, 0.1) is 18.8 Å². The minimum atomic E-state index is -0.579. The third-order valence-corrected chi connectivity index (χ3v) is 7.25. The van der Waals surface area contributed by atoms with Crippen LogP contribution in [0.25, 0.3) is 0 Å². The van der Waals surface area contributed by atoms with Gasteiger partial charge in [-0.05, 0) is 49.2 Å². The van der Waals surface area contributed by atoms with Gasteiger partial charge >= 0.3 is 6.09 Å². The molecule has 2 aliphatic rings. The van der Waals surface area contributed by atoms with Gasteiger partial charge in [-0.3, -0.25) is 5.32 Å². The number of anilines is 1. The predicted octanol–water partition coefficient (Wildman–Crippen LogP) is 5.97. The second-order valence-electron chi connectivity index (χ2n) is 10.0. The smallest absolute Gasteiger partial charge is 0.411 e. The number of nitrogens with one attached hydrogen (secondary N) is 1. The molecule has 2 heterocycles.